The zero-order valence-electron chi connectivity index (χ0n) is 23.0. The van der Waals surface area contributed by atoms with Crippen LogP contribution in [-0.2, 0) is 14.3 Å². The number of aromatic nitrogens is 4. The van der Waals surface area contributed by atoms with Crippen LogP contribution in [0.5, 0.6) is 0 Å². The molecule has 2 amide bonds. The van der Waals surface area contributed by atoms with Crippen molar-refractivity contribution in [3.8, 4) is 0 Å². The molecule has 1 unspecified atom stereocenters. The Labute approximate surface area is 247 Å². The fourth-order valence-corrected chi connectivity index (χ4v) is 5.17. The third-order valence-electron chi connectivity index (χ3n) is 7.07. The summed E-state index contributed by atoms with van der Waals surface area (Å²) in [5, 5.41) is 50.5. The SMILES string of the molecule is O=C(CCCCCCCCCCCBr)NCC(=O)N[C@@H]1[C@@H](O)[C@@H](O)[C@@H](Nc2ncnc3nc[nH]c23)O[C@H]1C(O)CO. The van der Waals surface area contributed by atoms with Gasteiger partial charge >= 0.3 is 0 Å². The molecule has 3 heterocycles. The van der Waals surface area contributed by atoms with Crippen molar-refractivity contribution in [2.75, 3.05) is 23.8 Å². The quantitative estimate of drug-likeness (QED) is 0.0824. The van der Waals surface area contributed by atoms with Crippen LogP contribution in [0.25, 0.3) is 11.2 Å². The number of carbonyl (C=O) groups excluding carboxylic acids is 2. The first-order chi connectivity index (χ1) is 19.8. The molecule has 2 aromatic rings. The molecule has 41 heavy (non-hydrogen) atoms. The van der Waals surface area contributed by atoms with E-state index in [2.05, 4.69) is 51.8 Å². The summed E-state index contributed by atoms with van der Waals surface area (Å²) in [6.45, 7) is -1.08. The first-order valence-electron chi connectivity index (χ1n) is 14.2. The number of hydrogen-bond acceptors (Lipinski definition) is 11. The smallest absolute Gasteiger partial charge is 0.239 e. The van der Waals surface area contributed by atoms with Gasteiger partial charge in [0.05, 0.1) is 25.5 Å². The second kappa shape index (κ2) is 17.5. The maximum absolute atomic E-state index is 12.6. The predicted octanol–water partition coefficient (Wildman–Crippen LogP) is 0.462. The number of anilines is 1. The minimum atomic E-state index is -1.59. The van der Waals surface area contributed by atoms with Crippen molar-refractivity contribution < 1.29 is 34.8 Å². The summed E-state index contributed by atoms with van der Waals surface area (Å²) in [7, 11) is 0. The number of aliphatic hydroxyl groups is 4. The number of aliphatic hydroxyl groups excluding tert-OH is 4. The number of halogens is 1. The number of nitrogens with one attached hydrogen (secondary N) is 4. The van der Waals surface area contributed by atoms with Crippen LogP contribution in [0.15, 0.2) is 12.7 Å². The Kier molecular flexibility index (Phi) is 14.1. The van der Waals surface area contributed by atoms with Crippen molar-refractivity contribution in [1.29, 1.82) is 0 Å². The number of H-pyrrole nitrogens is 1. The van der Waals surface area contributed by atoms with E-state index >= 15 is 0 Å². The van der Waals surface area contributed by atoms with Gasteiger partial charge in [-0.2, -0.15) is 0 Å². The highest BCUT2D eigenvalue weighted by Crippen LogP contribution is 2.26. The van der Waals surface area contributed by atoms with Crippen LogP contribution in [0.3, 0.4) is 0 Å². The lowest BCUT2D eigenvalue weighted by Crippen LogP contribution is -2.68. The van der Waals surface area contributed by atoms with Crippen LogP contribution < -0.4 is 16.0 Å². The summed E-state index contributed by atoms with van der Waals surface area (Å²) in [4.78, 5) is 39.8. The zero-order chi connectivity index (χ0) is 29.6. The van der Waals surface area contributed by atoms with Gasteiger partial charge in [-0.1, -0.05) is 60.9 Å². The highest BCUT2D eigenvalue weighted by Gasteiger charge is 2.48. The molecular formula is C26H42BrN7O7. The molecule has 8 N–H and O–H groups in total. The highest BCUT2D eigenvalue weighted by atomic mass is 79.9. The van der Waals surface area contributed by atoms with Crippen LogP contribution in [0, 0.1) is 0 Å². The first kappa shape index (κ1) is 33.1. The number of unbranched alkanes of at least 4 members (excludes halogenated alkanes) is 8. The molecule has 15 heteroatoms. The standard InChI is InChI=1S/C26H42BrN7O7/c27-11-9-7-5-3-1-2-4-6-8-10-17(37)28-12-18(38)33-19-21(39)22(40)26(41-23(19)16(36)13-35)34-25-20-24(30-14-29-20)31-15-32-25/h14-16,19,21-23,26,35-36,39-40H,1-13H2,(H,28,37)(H,33,38)(H2,29,30,31,32,34)/t16?,19-,21-,22-,23+,26+/m1/s1. The van der Waals surface area contributed by atoms with E-state index in [1.54, 1.807) is 0 Å². The average Bonchev–Trinajstić information content (AvgIpc) is 3.46. The van der Waals surface area contributed by atoms with Gasteiger partial charge in [-0.05, 0) is 12.8 Å². The molecule has 2 aromatic heterocycles. The Hall–Kier alpha value is -2.43. The molecule has 14 nitrogen and oxygen atoms in total. The number of imidazole rings is 1. The molecular weight excluding hydrogens is 602 g/mol. The first-order valence-corrected chi connectivity index (χ1v) is 15.3. The summed E-state index contributed by atoms with van der Waals surface area (Å²) >= 11 is 3.44. The fraction of sp³-hybridized carbons (Fsp3) is 0.731. The number of ether oxygens (including phenoxy) is 1. The Balaban J connectivity index is 1.43. The zero-order valence-corrected chi connectivity index (χ0v) is 24.6. The number of rotatable bonds is 18. The molecule has 0 radical (unpaired) electrons. The third kappa shape index (κ3) is 10.1. The molecule has 1 fully saturated rings. The van der Waals surface area contributed by atoms with Crippen LogP contribution in [0.1, 0.15) is 64.2 Å². The number of alkyl halides is 1. The van der Waals surface area contributed by atoms with Crippen molar-refractivity contribution in [2.45, 2.75) is 101 Å². The summed E-state index contributed by atoms with van der Waals surface area (Å²) < 4.78 is 5.78. The molecule has 3 rings (SSSR count). The Morgan fingerprint density at radius 3 is 2.34 bits per heavy atom. The van der Waals surface area contributed by atoms with Gasteiger partial charge in [-0.3, -0.25) is 9.59 Å². The van der Waals surface area contributed by atoms with Gasteiger partial charge in [0.25, 0.3) is 0 Å². The Morgan fingerprint density at radius 1 is 0.976 bits per heavy atom. The maximum atomic E-state index is 12.6. The van der Waals surface area contributed by atoms with Crippen molar-refractivity contribution in [1.82, 2.24) is 30.6 Å². The van der Waals surface area contributed by atoms with E-state index in [-0.39, 0.29) is 18.3 Å². The second-order valence-corrected chi connectivity index (χ2v) is 11.0. The van der Waals surface area contributed by atoms with E-state index in [1.807, 2.05) is 0 Å². The number of fused-ring (bicyclic) bond motifs is 1. The van der Waals surface area contributed by atoms with Gasteiger partial charge in [0, 0.05) is 11.8 Å². The van der Waals surface area contributed by atoms with E-state index < -0.39 is 49.2 Å². The van der Waals surface area contributed by atoms with E-state index in [0.29, 0.717) is 17.6 Å². The van der Waals surface area contributed by atoms with E-state index in [4.69, 9.17) is 4.74 Å². The van der Waals surface area contributed by atoms with Gasteiger partial charge in [0.2, 0.25) is 11.8 Å². The minimum Gasteiger partial charge on any atom is -0.394 e. The van der Waals surface area contributed by atoms with Crippen molar-refractivity contribution >= 4 is 44.7 Å². The van der Waals surface area contributed by atoms with Gasteiger partial charge in [0.15, 0.2) is 17.7 Å². The van der Waals surface area contributed by atoms with E-state index in [9.17, 15) is 30.0 Å². The topological polar surface area (TPSA) is 215 Å². The van der Waals surface area contributed by atoms with Crippen molar-refractivity contribution in [3.05, 3.63) is 12.7 Å². The number of carbonyl (C=O) groups is 2. The van der Waals surface area contributed by atoms with Crippen molar-refractivity contribution in [3.63, 3.8) is 0 Å². The Morgan fingerprint density at radius 2 is 1.66 bits per heavy atom. The minimum absolute atomic E-state index is 0.229. The number of nitrogens with zero attached hydrogens (tertiary/aromatic N) is 3. The third-order valence-corrected chi connectivity index (χ3v) is 7.63. The maximum Gasteiger partial charge on any atom is 0.239 e. The second-order valence-electron chi connectivity index (χ2n) is 10.2. The van der Waals surface area contributed by atoms with Crippen LogP contribution in [-0.4, -0.2) is 107 Å². The summed E-state index contributed by atoms with van der Waals surface area (Å²) in [5.41, 5.74) is 0.791. The van der Waals surface area contributed by atoms with E-state index in [1.165, 1.54) is 44.8 Å². The fourth-order valence-electron chi connectivity index (χ4n) is 4.77. The molecule has 0 aromatic carbocycles. The summed E-state index contributed by atoms with van der Waals surface area (Å²) in [5.74, 6) is -0.678. The van der Waals surface area contributed by atoms with Crippen LogP contribution in [0.4, 0.5) is 5.82 Å². The number of amides is 2. The Bertz CT molecular complexity index is 1080. The summed E-state index contributed by atoms with van der Waals surface area (Å²) in [6, 6.07) is -1.27. The van der Waals surface area contributed by atoms with Crippen LogP contribution >= 0.6 is 15.9 Å². The molecule has 1 saturated heterocycles. The molecule has 1 aliphatic rings. The van der Waals surface area contributed by atoms with Crippen molar-refractivity contribution in [2.24, 2.45) is 0 Å². The van der Waals surface area contributed by atoms with Gasteiger partial charge in [-0.15, -0.1) is 0 Å². The molecule has 6 atom stereocenters. The summed E-state index contributed by atoms with van der Waals surface area (Å²) in [6.07, 6.45) is 5.86. The molecule has 0 saturated carbocycles. The highest BCUT2D eigenvalue weighted by molar-refractivity contribution is 9.09. The monoisotopic (exact) mass is 643 g/mol. The average molecular weight is 645 g/mol. The number of hydrogen-bond donors (Lipinski definition) is 8. The normalized spacial score (nSPS) is 23.3. The lowest BCUT2D eigenvalue weighted by molar-refractivity contribution is -0.204. The molecule has 230 valence electrons. The van der Waals surface area contributed by atoms with Gasteiger partial charge in [-0.25, -0.2) is 15.0 Å². The van der Waals surface area contributed by atoms with Gasteiger partial charge in [0.1, 0.15) is 36.3 Å². The molecule has 1 aliphatic heterocycles. The predicted molar refractivity (Wildman–Crippen MR) is 154 cm³/mol. The largest absolute Gasteiger partial charge is 0.394 e. The van der Waals surface area contributed by atoms with E-state index in [0.717, 1.165) is 31.0 Å². The van der Waals surface area contributed by atoms with Gasteiger partial charge < -0.3 is 46.1 Å². The molecule has 0 aliphatic carbocycles. The van der Waals surface area contributed by atoms with Crippen LogP contribution in [0.2, 0.25) is 0 Å². The lowest BCUT2D eigenvalue weighted by Gasteiger charge is -2.44. The molecule has 0 spiro atoms. The molecule has 0 bridgehead atoms. The number of aromatic amines is 1. The lowest BCUT2D eigenvalue weighted by atomic mass is 9.92.